The number of ether oxygens (including phenoxy) is 1. The summed E-state index contributed by atoms with van der Waals surface area (Å²) in [4.78, 5) is 0. The summed E-state index contributed by atoms with van der Waals surface area (Å²) in [6.45, 7) is 2.08. The third kappa shape index (κ3) is 2.83. The van der Waals surface area contributed by atoms with Crippen molar-refractivity contribution in [3.63, 3.8) is 0 Å². The minimum absolute atomic E-state index is 0.0902. The van der Waals surface area contributed by atoms with Crippen molar-refractivity contribution in [2.24, 2.45) is 0 Å². The maximum absolute atomic E-state index is 13.3. The van der Waals surface area contributed by atoms with Crippen LogP contribution >= 0.6 is 15.9 Å². The van der Waals surface area contributed by atoms with E-state index in [0.717, 1.165) is 22.2 Å². The SMILES string of the molecule is CNC1CC(c2ccc(F)cc2Br)Oc2ccc(C)cc21. The van der Waals surface area contributed by atoms with Crippen LogP contribution in [0.2, 0.25) is 0 Å². The second kappa shape index (κ2) is 5.78. The Morgan fingerprint density at radius 2 is 2.00 bits per heavy atom. The molecule has 0 aromatic heterocycles. The Kier molecular flexibility index (Phi) is 4.00. The van der Waals surface area contributed by atoms with Crippen molar-refractivity contribution >= 4 is 15.9 Å². The first-order chi connectivity index (χ1) is 10.1. The fourth-order valence-corrected chi connectivity index (χ4v) is 3.42. The highest BCUT2D eigenvalue weighted by Crippen LogP contribution is 2.42. The van der Waals surface area contributed by atoms with Crippen molar-refractivity contribution in [2.75, 3.05) is 7.05 Å². The fourth-order valence-electron chi connectivity index (χ4n) is 2.82. The van der Waals surface area contributed by atoms with Gasteiger partial charge in [0.05, 0.1) is 0 Å². The molecule has 2 unspecified atom stereocenters. The second-order valence-electron chi connectivity index (χ2n) is 5.39. The van der Waals surface area contributed by atoms with Gasteiger partial charge in [-0.05, 0) is 32.2 Å². The minimum Gasteiger partial charge on any atom is -0.485 e. The Bertz CT molecular complexity index is 674. The molecule has 110 valence electrons. The maximum Gasteiger partial charge on any atom is 0.127 e. The molecule has 2 aromatic rings. The van der Waals surface area contributed by atoms with E-state index in [4.69, 9.17) is 4.74 Å². The molecule has 0 saturated heterocycles. The molecule has 3 rings (SSSR count). The minimum atomic E-state index is -0.248. The molecule has 0 spiro atoms. The van der Waals surface area contributed by atoms with E-state index < -0.39 is 0 Å². The third-order valence-corrected chi connectivity index (χ3v) is 4.60. The average Bonchev–Trinajstić information content (AvgIpc) is 2.46. The lowest BCUT2D eigenvalue weighted by Crippen LogP contribution is -2.27. The monoisotopic (exact) mass is 349 g/mol. The molecule has 21 heavy (non-hydrogen) atoms. The Balaban J connectivity index is 1.98. The van der Waals surface area contributed by atoms with Crippen LogP contribution in [0.5, 0.6) is 5.75 Å². The van der Waals surface area contributed by atoms with E-state index >= 15 is 0 Å². The molecule has 1 heterocycles. The number of aryl methyl sites for hydroxylation is 1. The number of rotatable bonds is 2. The fraction of sp³-hybridized carbons (Fsp3) is 0.294. The number of hydrogen-bond donors (Lipinski definition) is 1. The summed E-state index contributed by atoms with van der Waals surface area (Å²) in [6.07, 6.45) is 0.726. The van der Waals surface area contributed by atoms with Crippen molar-refractivity contribution < 1.29 is 9.13 Å². The maximum atomic E-state index is 13.3. The van der Waals surface area contributed by atoms with E-state index in [0.29, 0.717) is 0 Å². The van der Waals surface area contributed by atoms with Gasteiger partial charge in [-0.25, -0.2) is 4.39 Å². The van der Waals surface area contributed by atoms with Crippen LogP contribution in [-0.2, 0) is 0 Å². The van der Waals surface area contributed by atoms with Crippen LogP contribution in [-0.4, -0.2) is 7.05 Å². The van der Waals surface area contributed by atoms with E-state index in [9.17, 15) is 4.39 Å². The van der Waals surface area contributed by atoms with Gasteiger partial charge in [0.25, 0.3) is 0 Å². The number of fused-ring (bicyclic) bond motifs is 1. The van der Waals surface area contributed by atoms with Crippen LogP contribution in [0.15, 0.2) is 40.9 Å². The van der Waals surface area contributed by atoms with Gasteiger partial charge in [0.15, 0.2) is 0 Å². The molecular weight excluding hydrogens is 333 g/mol. The average molecular weight is 350 g/mol. The molecule has 0 amide bonds. The summed E-state index contributed by atoms with van der Waals surface area (Å²) in [5, 5.41) is 3.35. The lowest BCUT2D eigenvalue weighted by atomic mass is 9.92. The standard InChI is InChI=1S/C17H17BrFNO/c1-10-3-6-16-13(7-10)15(20-2)9-17(21-16)12-5-4-11(19)8-14(12)18/h3-8,15,17,20H,9H2,1-2H3. The lowest BCUT2D eigenvalue weighted by molar-refractivity contribution is 0.153. The van der Waals surface area contributed by atoms with Crippen LogP contribution in [0, 0.1) is 12.7 Å². The van der Waals surface area contributed by atoms with Gasteiger partial charge < -0.3 is 10.1 Å². The van der Waals surface area contributed by atoms with Crippen molar-refractivity contribution in [3.05, 3.63) is 63.4 Å². The zero-order chi connectivity index (χ0) is 15.0. The quantitative estimate of drug-likeness (QED) is 0.849. The smallest absolute Gasteiger partial charge is 0.127 e. The van der Waals surface area contributed by atoms with Crippen molar-refractivity contribution in [1.29, 1.82) is 0 Å². The molecule has 4 heteroatoms. The van der Waals surface area contributed by atoms with E-state index in [1.54, 1.807) is 6.07 Å². The van der Waals surface area contributed by atoms with E-state index in [1.165, 1.54) is 23.3 Å². The van der Waals surface area contributed by atoms with Gasteiger partial charge in [-0.15, -0.1) is 0 Å². The molecule has 0 aliphatic carbocycles. The van der Waals surface area contributed by atoms with Gasteiger partial charge in [0.1, 0.15) is 17.7 Å². The molecule has 2 nitrogen and oxygen atoms in total. The van der Waals surface area contributed by atoms with Crippen LogP contribution in [0.4, 0.5) is 4.39 Å². The Morgan fingerprint density at radius 3 is 2.71 bits per heavy atom. The summed E-state index contributed by atoms with van der Waals surface area (Å²) in [5.74, 6) is 0.648. The first-order valence-electron chi connectivity index (χ1n) is 6.98. The van der Waals surface area contributed by atoms with Gasteiger partial charge in [-0.2, -0.15) is 0 Å². The van der Waals surface area contributed by atoms with Gasteiger partial charge in [-0.1, -0.05) is 39.7 Å². The Labute approximate surface area is 132 Å². The molecule has 0 radical (unpaired) electrons. The summed E-state index contributed by atoms with van der Waals surface area (Å²) >= 11 is 3.44. The molecule has 0 bridgehead atoms. The normalized spacial score (nSPS) is 20.8. The Morgan fingerprint density at radius 1 is 1.19 bits per heavy atom. The van der Waals surface area contributed by atoms with Gasteiger partial charge in [0, 0.05) is 28.1 Å². The molecule has 0 fully saturated rings. The predicted molar refractivity (Wildman–Crippen MR) is 85.1 cm³/mol. The summed E-state index contributed by atoms with van der Waals surface area (Å²) in [6, 6.07) is 11.2. The molecule has 2 atom stereocenters. The summed E-state index contributed by atoms with van der Waals surface area (Å²) in [5.41, 5.74) is 3.38. The third-order valence-electron chi connectivity index (χ3n) is 3.92. The van der Waals surface area contributed by atoms with Crippen molar-refractivity contribution in [1.82, 2.24) is 5.32 Å². The first-order valence-corrected chi connectivity index (χ1v) is 7.77. The number of hydrogen-bond acceptors (Lipinski definition) is 2. The van der Waals surface area contributed by atoms with Crippen LogP contribution in [0.1, 0.15) is 35.3 Å². The van der Waals surface area contributed by atoms with Gasteiger partial charge in [0.2, 0.25) is 0 Å². The summed E-state index contributed by atoms with van der Waals surface area (Å²) < 4.78 is 20.1. The van der Waals surface area contributed by atoms with E-state index in [2.05, 4.69) is 34.2 Å². The second-order valence-corrected chi connectivity index (χ2v) is 6.24. The topological polar surface area (TPSA) is 21.3 Å². The highest BCUT2D eigenvalue weighted by molar-refractivity contribution is 9.10. The zero-order valence-corrected chi connectivity index (χ0v) is 13.6. The molecule has 2 aromatic carbocycles. The predicted octanol–water partition coefficient (Wildman–Crippen LogP) is 4.68. The molecule has 0 saturated carbocycles. The molecule has 1 N–H and O–H groups in total. The van der Waals surface area contributed by atoms with Crippen LogP contribution in [0.3, 0.4) is 0 Å². The Hall–Kier alpha value is -1.39. The number of nitrogens with one attached hydrogen (secondary N) is 1. The largest absolute Gasteiger partial charge is 0.485 e. The summed E-state index contributed by atoms with van der Waals surface area (Å²) in [7, 11) is 1.96. The van der Waals surface area contributed by atoms with E-state index in [-0.39, 0.29) is 18.0 Å². The van der Waals surface area contributed by atoms with Crippen molar-refractivity contribution in [3.8, 4) is 5.75 Å². The van der Waals surface area contributed by atoms with Gasteiger partial charge >= 0.3 is 0 Å². The van der Waals surface area contributed by atoms with Crippen LogP contribution in [0.25, 0.3) is 0 Å². The van der Waals surface area contributed by atoms with Gasteiger partial charge in [-0.3, -0.25) is 0 Å². The number of halogens is 2. The zero-order valence-electron chi connectivity index (χ0n) is 12.0. The molecular formula is C17H17BrFNO. The molecule has 1 aliphatic rings. The highest BCUT2D eigenvalue weighted by Gasteiger charge is 2.29. The molecule has 1 aliphatic heterocycles. The highest BCUT2D eigenvalue weighted by atomic mass is 79.9. The first kappa shape index (κ1) is 14.5. The van der Waals surface area contributed by atoms with Crippen LogP contribution < -0.4 is 10.1 Å². The lowest BCUT2D eigenvalue weighted by Gasteiger charge is -2.33. The van der Waals surface area contributed by atoms with Crippen molar-refractivity contribution in [2.45, 2.75) is 25.5 Å². The van der Waals surface area contributed by atoms with E-state index in [1.807, 2.05) is 19.2 Å². The number of benzene rings is 2.